The number of aromatic nitrogens is 2. The molecule has 0 aliphatic carbocycles. The third-order valence-corrected chi connectivity index (χ3v) is 5.91. The third kappa shape index (κ3) is 3.85. The van der Waals surface area contributed by atoms with Gasteiger partial charge in [0, 0.05) is 18.1 Å². The summed E-state index contributed by atoms with van der Waals surface area (Å²) >= 11 is 0. The van der Waals surface area contributed by atoms with E-state index in [-0.39, 0.29) is 23.6 Å². The molecule has 1 unspecified atom stereocenters. The van der Waals surface area contributed by atoms with E-state index >= 15 is 0 Å². The minimum Gasteiger partial charge on any atom is -0.465 e. The Balaban J connectivity index is 1.93. The number of hydrogen-bond acceptors (Lipinski definition) is 4. The van der Waals surface area contributed by atoms with Gasteiger partial charge in [-0.2, -0.15) is 13.2 Å². The van der Waals surface area contributed by atoms with Crippen molar-refractivity contribution in [2.45, 2.75) is 39.4 Å². The molecular weight excluding hydrogens is 437 g/mol. The van der Waals surface area contributed by atoms with Crippen LogP contribution in [0.5, 0.6) is 0 Å². The predicted octanol–water partition coefficient (Wildman–Crippen LogP) is 5.19. The number of anilines is 2. The molecule has 172 valence electrons. The van der Waals surface area contributed by atoms with E-state index in [9.17, 15) is 27.9 Å². The second-order valence-electron chi connectivity index (χ2n) is 7.99. The standard InChI is InChI=1S/C23H21F3N4O3/c1-4-15-11-29(17-8-12(2)13(3)9-18(17)30(15)22(32)33)21(31)16-10-14-6-5-7-27-20(14)28-19(16)23(24,25)26/h5-10,15H,4,11H2,1-3H3,(H,32,33). The molecule has 0 radical (unpaired) electrons. The van der Waals surface area contributed by atoms with Gasteiger partial charge in [0.2, 0.25) is 0 Å². The van der Waals surface area contributed by atoms with Gasteiger partial charge in [-0.05, 0) is 61.7 Å². The molecule has 2 amide bonds. The van der Waals surface area contributed by atoms with Crippen LogP contribution in [0.2, 0.25) is 0 Å². The first-order chi connectivity index (χ1) is 15.5. The molecule has 0 spiro atoms. The summed E-state index contributed by atoms with van der Waals surface area (Å²) in [7, 11) is 0. The van der Waals surface area contributed by atoms with Crippen molar-refractivity contribution in [3.63, 3.8) is 0 Å². The van der Waals surface area contributed by atoms with Gasteiger partial charge in [0.25, 0.3) is 5.91 Å². The summed E-state index contributed by atoms with van der Waals surface area (Å²) in [6, 6.07) is 6.88. The Bertz CT molecular complexity index is 1280. The van der Waals surface area contributed by atoms with E-state index in [4.69, 9.17) is 0 Å². The van der Waals surface area contributed by atoms with E-state index in [0.29, 0.717) is 11.8 Å². The van der Waals surface area contributed by atoms with E-state index in [2.05, 4.69) is 9.97 Å². The molecule has 0 bridgehead atoms. The first-order valence-electron chi connectivity index (χ1n) is 10.3. The van der Waals surface area contributed by atoms with Crippen molar-refractivity contribution in [3.8, 4) is 0 Å². The lowest BCUT2D eigenvalue weighted by Gasteiger charge is -2.41. The SMILES string of the molecule is CCC1CN(C(=O)c2cc3cccnc3nc2C(F)(F)F)c2cc(C)c(C)cc2N1C(=O)O. The largest absolute Gasteiger partial charge is 0.465 e. The lowest BCUT2D eigenvalue weighted by molar-refractivity contribution is -0.141. The molecule has 0 saturated carbocycles. The molecule has 1 N–H and O–H groups in total. The summed E-state index contributed by atoms with van der Waals surface area (Å²) in [4.78, 5) is 35.5. The first-order valence-corrected chi connectivity index (χ1v) is 10.3. The molecular formula is C23H21F3N4O3. The number of pyridine rings is 2. The van der Waals surface area contributed by atoms with Crippen LogP contribution >= 0.6 is 0 Å². The number of hydrogen-bond donors (Lipinski definition) is 1. The van der Waals surface area contributed by atoms with Crippen LogP contribution < -0.4 is 9.80 Å². The van der Waals surface area contributed by atoms with E-state index < -0.39 is 35.5 Å². The minimum atomic E-state index is -4.88. The molecule has 7 nitrogen and oxygen atoms in total. The minimum absolute atomic E-state index is 0.0838. The number of carbonyl (C=O) groups excluding carboxylic acids is 1. The number of carboxylic acid groups (broad SMARTS) is 1. The molecule has 33 heavy (non-hydrogen) atoms. The van der Waals surface area contributed by atoms with Crippen LogP contribution in [0.3, 0.4) is 0 Å². The Morgan fingerprint density at radius 1 is 1.15 bits per heavy atom. The number of nitrogens with zero attached hydrogens (tertiary/aromatic N) is 4. The smallest absolute Gasteiger partial charge is 0.434 e. The maximum Gasteiger partial charge on any atom is 0.434 e. The van der Waals surface area contributed by atoms with Crippen molar-refractivity contribution in [2.24, 2.45) is 0 Å². The maximum atomic E-state index is 13.9. The van der Waals surface area contributed by atoms with Gasteiger partial charge in [0.05, 0.1) is 23.0 Å². The number of alkyl halides is 3. The zero-order valence-electron chi connectivity index (χ0n) is 18.1. The number of halogens is 3. The van der Waals surface area contributed by atoms with Gasteiger partial charge in [-0.1, -0.05) is 6.92 Å². The van der Waals surface area contributed by atoms with Crippen LogP contribution in [0.15, 0.2) is 36.5 Å². The summed E-state index contributed by atoms with van der Waals surface area (Å²) in [5, 5.41) is 10.1. The third-order valence-electron chi connectivity index (χ3n) is 5.91. The molecule has 2 aromatic heterocycles. The second-order valence-corrected chi connectivity index (χ2v) is 7.99. The normalized spacial score (nSPS) is 16.1. The van der Waals surface area contributed by atoms with E-state index in [1.165, 1.54) is 22.1 Å². The number of amides is 2. The molecule has 0 saturated heterocycles. The average Bonchev–Trinajstić information content (AvgIpc) is 2.76. The average molecular weight is 458 g/mol. The van der Waals surface area contributed by atoms with Gasteiger partial charge >= 0.3 is 12.3 Å². The first kappa shape index (κ1) is 22.5. The Kier molecular flexibility index (Phi) is 5.47. The van der Waals surface area contributed by atoms with E-state index in [0.717, 1.165) is 17.2 Å². The van der Waals surface area contributed by atoms with Crippen LogP contribution in [-0.2, 0) is 6.18 Å². The Labute approximate surface area is 187 Å². The Hall–Kier alpha value is -3.69. The van der Waals surface area contributed by atoms with Gasteiger partial charge in [-0.3, -0.25) is 9.69 Å². The van der Waals surface area contributed by atoms with Crippen LogP contribution in [0, 0.1) is 13.8 Å². The van der Waals surface area contributed by atoms with E-state index in [1.807, 2.05) is 0 Å². The highest BCUT2D eigenvalue weighted by Gasteiger charge is 2.42. The predicted molar refractivity (Wildman–Crippen MR) is 117 cm³/mol. The van der Waals surface area contributed by atoms with Crippen LogP contribution in [0.4, 0.5) is 29.3 Å². The zero-order chi connectivity index (χ0) is 24.1. The van der Waals surface area contributed by atoms with Crippen molar-refractivity contribution in [3.05, 3.63) is 58.9 Å². The van der Waals surface area contributed by atoms with Gasteiger partial charge in [-0.15, -0.1) is 0 Å². The van der Waals surface area contributed by atoms with Crippen LogP contribution in [-0.4, -0.2) is 39.7 Å². The van der Waals surface area contributed by atoms with E-state index in [1.54, 1.807) is 39.0 Å². The summed E-state index contributed by atoms with van der Waals surface area (Å²) in [6.07, 6.45) is -4.37. The van der Waals surface area contributed by atoms with Gasteiger partial charge < -0.3 is 10.0 Å². The van der Waals surface area contributed by atoms with Gasteiger partial charge in [0.1, 0.15) is 0 Å². The monoisotopic (exact) mass is 458 g/mol. The molecule has 4 rings (SSSR count). The van der Waals surface area contributed by atoms with Crippen molar-refractivity contribution < 1.29 is 27.9 Å². The lowest BCUT2D eigenvalue weighted by Crippen LogP contribution is -2.53. The molecule has 0 fully saturated rings. The maximum absolute atomic E-state index is 13.9. The van der Waals surface area contributed by atoms with Gasteiger partial charge in [-0.25, -0.2) is 14.8 Å². The molecule has 1 aliphatic rings. The van der Waals surface area contributed by atoms with Crippen LogP contribution in [0.1, 0.15) is 40.5 Å². The van der Waals surface area contributed by atoms with Crippen molar-refractivity contribution >= 4 is 34.4 Å². The van der Waals surface area contributed by atoms with Crippen molar-refractivity contribution in [1.29, 1.82) is 0 Å². The lowest BCUT2D eigenvalue weighted by atomic mass is 9.99. The van der Waals surface area contributed by atoms with Crippen LogP contribution in [0.25, 0.3) is 11.0 Å². The fraction of sp³-hybridized carbons (Fsp3) is 0.304. The summed E-state index contributed by atoms with van der Waals surface area (Å²) in [6.45, 7) is 5.28. The second kappa shape index (κ2) is 8.02. The molecule has 10 heteroatoms. The summed E-state index contributed by atoms with van der Waals surface area (Å²) in [5.41, 5.74) is 0.0527. The van der Waals surface area contributed by atoms with Gasteiger partial charge in [0.15, 0.2) is 11.3 Å². The number of carbonyl (C=O) groups is 2. The highest BCUT2D eigenvalue weighted by Crippen LogP contribution is 2.40. The summed E-state index contributed by atoms with van der Waals surface area (Å²) in [5.74, 6) is -0.895. The Morgan fingerprint density at radius 2 is 1.82 bits per heavy atom. The number of rotatable bonds is 2. The fourth-order valence-electron chi connectivity index (χ4n) is 4.08. The fourth-order valence-corrected chi connectivity index (χ4v) is 4.08. The molecule has 3 heterocycles. The number of aryl methyl sites for hydroxylation is 2. The zero-order valence-corrected chi connectivity index (χ0v) is 18.1. The van der Waals surface area contributed by atoms with Crippen molar-refractivity contribution in [1.82, 2.24) is 9.97 Å². The highest BCUT2D eigenvalue weighted by molar-refractivity contribution is 6.12. The molecule has 1 aromatic carbocycles. The van der Waals surface area contributed by atoms with Crippen molar-refractivity contribution in [2.75, 3.05) is 16.3 Å². The topological polar surface area (TPSA) is 86.6 Å². The number of fused-ring (bicyclic) bond motifs is 2. The quantitative estimate of drug-likeness (QED) is 0.571. The highest BCUT2D eigenvalue weighted by atomic mass is 19.4. The Morgan fingerprint density at radius 3 is 2.42 bits per heavy atom. The summed E-state index contributed by atoms with van der Waals surface area (Å²) < 4.78 is 41.6. The number of benzene rings is 1. The molecule has 1 aliphatic heterocycles. The molecule has 1 atom stereocenters. The molecule has 3 aromatic rings.